The van der Waals surface area contributed by atoms with E-state index in [9.17, 15) is 9.59 Å². The van der Waals surface area contributed by atoms with Crippen molar-refractivity contribution in [2.75, 3.05) is 13.2 Å². The Morgan fingerprint density at radius 2 is 2.21 bits per heavy atom. The minimum atomic E-state index is -1.11. The Balaban J connectivity index is 1.32. The van der Waals surface area contributed by atoms with E-state index >= 15 is 0 Å². The minimum Gasteiger partial charge on any atom is -0.477 e. The molecule has 0 radical (unpaired) electrons. The van der Waals surface area contributed by atoms with Crippen molar-refractivity contribution < 1.29 is 24.2 Å². The number of amides is 1. The van der Waals surface area contributed by atoms with E-state index in [1.54, 1.807) is 16.8 Å². The Bertz CT molecular complexity index is 1150. The fourth-order valence-electron chi connectivity index (χ4n) is 4.24. The third-order valence-corrected chi connectivity index (χ3v) is 6.70. The summed E-state index contributed by atoms with van der Waals surface area (Å²) >= 11 is 1.29. The Morgan fingerprint density at radius 3 is 3.00 bits per heavy atom. The van der Waals surface area contributed by atoms with Gasteiger partial charge < -0.3 is 14.6 Å². The maximum absolute atomic E-state index is 12.4. The lowest BCUT2D eigenvalue weighted by molar-refractivity contribution is -0.164. The van der Waals surface area contributed by atoms with E-state index in [1.807, 2.05) is 0 Å². The second-order valence-corrected chi connectivity index (χ2v) is 8.22. The van der Waals surface area contributed by atoms with E-state index in [0.717, 1.165) is 24.1 Å². The van der Waals surface area contributed by atoms with Gasteiger partial charge in [0.2, 0.25) is 0 Å². The van der Waals surface area contributed by atoms with Crippen LogP contribution in [-0.4, -0.2) is 65.8 Å². The van der Waals surface area contributed by atoms with Gasteiger partial charge in [0.25, 0.3) is 11.7 Å². The third-order valence-electron chi connectivity index (χ3n) is 5.62. The Kier molecular flexibility index (Phi) is 3.47. The lowest BCUT2D eigenvalue weighted by Gasteiger charge is -2.36. The molecule has 1 aliphatic carbocycles. The van der Waals surface area contributed by atoms with E-state index in [0.29, 0.717) is 36.8 Å². The maximum atomic E-state index is 12.4. The van der Waals surface area contributed by atoms with Gasteiger partial charge in [-0.15, -0.1) is 16.9 Å². The zero-order valence-corrected chi connectivity index (χ0v) is 15.9. The summed E-state index contributed by atoms with van der Waals surface area (Å²) in [5.41, 5.74) is 2.52. The first kappa shape index (κ1) is 17.1. The lowest BCUT2D eigenvalue weighted by Crippen LogP contribution is -2.51. The van der Waals surface area contributed by atoms with Crippen LogP contribution >= 0.6 is 11.8 Å². The first-order chi connectivity index (χ1) is 14.0. The summed E-state index contributed by atoms with van der Waals surface area (Å²) in [6, 6.07) is 0. The second-order valence-electron chi connectivity index (χ2n) is 7.27. The Hall–Kier alpha value is -2.76. The number of aryl methyl sites for hydroxylation is 1. The number of fused-ring (bicyclic) bond motifs is 4. The third kappa shape index (κ3) is 2.41. The molecule has 3 aliphatic heterocycles. The highest BCUT2D eigenvalue weighted by atomic mass is 32.2. The van der Waals surface area contributed by atoms with Crippen LogP contribution in [0.2, 0.25) is 0 Å². The highest BCUT2D eigenvalue weighted by Crippen LogP contribution is 2.45. The molecule has 2 fully saturated rings. The topological polar surface area (TPSA) is 119 Å². The summed E-state index contributed by atoms with van der Waals surface area (Å²) in [5.74, 6) is -1.15. The number of hydrogen-bond acceptors (Lipinski definition) is 8. The number of thioether (sulfide) groups is 1. The summed E-state index contributed by atoms with van der Waals surface area (Å²) in [4.78, 5) is 33.7. The number of rotatable bonds is 2. The van der Waals surface area contributed by atoms with Gasteiger partial charge in [-0.05, 0) is 18.1 Å². The molecule has 1 spiro atoms. The van der Waals surface area contributed by atoms with Gasteiger partial charge in [-0.1, -0.05) is 0 Å². The second kappa shape index (κ2) is 5.88. The van der Waals surface area contributed by atoms with Crippen LogP contribution in [-0.2, 0) is 31.9 Å². The fourth-order valence-corrected chi connectivity index (χ4v) is 5.36. The zero-order chi connectivity index (χ0) is 19.8. The van der Waals surface area contributed by atoms with Gasteiger partial charge in [0.1, 0.15) is 11.1 Å². The highest BCUT2D eigenvalue weighted by molar-refractivity contribution is 8.03. The van der Waals surface area contributed by atoms with Crippen LogP contribution in [0.25, 0.3) is 11.9 Å². The predicted octanol–water partition coefficient (Wildman–Crippen LogP) is 0.581. The fraction of sp³-hybridized carbons (Fsp3) is 0.389. The van der Waals surface area contributed by atoms with E-state index in [1.165, 1.54) is 22.1 Å². The van der Waals surface area contributed by atoms with Crippen molar-refractivity contribution in [1.29, 1.82) is 0 Å². The lowest BCUT2D eigenvalue weighted by atomic mass is 9.91. The van der Waals surface area contributed by atoms with Gasteiger partial charge >= 0.3 is 5.97 Å². The maximum Gasteiger partial charge on any atom is 0.353 e. The SMILES string of the molecule is O=C(O)C1=CSC2/C(=C\c3nc4ncc5c(n4n3)CCC3(C5)OCCO3)C(=O)N12. The quantitative estimate of drug-likeness (QED) is 0.557. The molecule has 148 valence electrons. The Morgan fingerprint density at radius 1 is 1.38 bits per heavy atom. The molecule has 1 amide bonds. The standard InChI is InChI=1S/C18H15N5O5S/c24-14-10(15-22(14)12(8-29-15)16(25)26)5-13-20-17-19-7-9-6-18(27-3-4-28-18)2-1-11(9)23(17)21-13/h5,7-8,15H,1-4,6H2,(H,25,26)/b10-5-. The number of carbonyl (C=O) groups is 2. The number of carboxylic acids is 1. The number of carbonyl (C=O) groups excluding carboxylic acids is 1. The molecule has 2 saturated heterocycles. The average molecular weight is 413 g/mol. The van der Waals surface area contributed by atoms with Gasteiger partial charge in [0.05, 0.1) is 24.5 Å². The molecule has 11 heteroatoms. The first-order valence-electron chi connectivity index (χ1n) is 9.20. The smallest absolute Gasteiger partial charge is 0.353 e. The molecular weight excluding hydrogens is 398 g/mol. The van der Waals surface area contributed by atoms with E-state index < -0.39 is 11.8 Å². The largest absolute Gasteiger partial charge is 0.477 e. The molecule has 29 heavy (non-hydrogen) atoms. The van der Waals surface area contributed by atoms with Gasteiger partial charge in [-0.25, -0.2) is 14.3 Å². The molecular formula is C18H15N5O5S. The number of carboxylic acid groups (broad SMARTS) is 1. The number of β-lactam (4-membered cyclic amide) rings is 1. The molecule has 0 aromatic carbocycles. The molecule has 2 aromatic heterocycles. The van der Waals surface area contributed by atoms with E-state index in [2.05, 4.69) is 15.1 Å². The zero-order valence-electron chi connectivity index (χ0n) is 15.1. The van der Waals surface area contributed by atoms with Crippen molar-refractivity contribution >= 4 is 35.5 Å². The van der Waals surface area contributed by atoms with Gasteiger partial charge in [-0.2, -0.15) is 4.98 Å². The summed E-state index contributed by atoms with van der Waals surface area (Å²) in [6.07, 6.45) is 5.49. The van der Waals surface area contributed by atoms with Crippen LogP contribution in [0.4, 0.5) is 0 Å². The van der Waals surface area contributed by atoms with Gasteiger partial charge in [-0.3, -0.25) is 9.69 Å². The molecule has 0 bridgehead atoms. The first-order valence-corrected chi connectivity index (χ1v) is 10.1. The van der Waals surface area contributed by atoms with Gasteiger partial charge in [0, 0.05) is 24.4 Å². The minimum absolute atomic E-state index is 0.00567. The van der Waals surface area contributed by atoms with E-state index in [-0.39, 0.29) is 17.0 Å². The van der Waals surface area contributed by atoms with Crippen LogP contribution in [0.5, 0.6) is 0 Å². The van der Waals surface area contributed by atoms with Crippen molar-refractivity contribution in [3.8, 4) is 0 Å². The number of aliphatic carboxylic acids is 1. The normalized spacial score (nSPS) is 26.0. The summed E-state index contributed by atoms with van der Waals surface area (Å²) in [7, 11) is 0. The molecule has 6 rings (SSSR count). The van der Waals surface area contributed by atoms with Crippen molar-refractivity contribution in [2.24, 2.45) is 0 Å². The average Bonchev–Trinajstić information content (AvgIpc) is 3.42. The molecule has 10 nitrogen and oxygen atoms in total. The molecule has 2 aromatic rings. The van der Waals surface area contributed by atoms with Crippen LogP contribution in [0.15, 0.2) is 22.9 Å². The molecule has 4 aliphatic rings. The number of nitrogens with zero attached hydrogens (tertiary/aromatic N) is 5. The Labute approximate surface area is 168 Å². The molecule has 0 saturated carbocycles. The van der Waals surface area contributed by atoms with Crippen LogP contribution < -0.4 is 0 Å². The molecule has 1 N–H and O–H groups in total. The van der Waals surface area contributed by atoms with Crippen LogP contribution in [0.3, 0.4) is 0 Å². The molecule has 1 unspecified atom stereocenters. The van der Waals surface area contributed by atoms with Crippen LogP contribution in [0.1, 0.15) is 23.5 Å². The number of hydrogen-bond donors (Lipinski definition) is 1. The molecule has 5 heterocycles. The number of aromatic nitrogens is 4. The molecule has 1 atom stereocenters. The van der Waals surface area contributed by atoms with E-state index in [4.69, 9.17) is 14.6 Å². The number of ether oxygens (including phenoxy) is 2. The van der Waals surface area contributed by atoms with Crippen molar-refractivity contribution in [3.05, 3.63) is 40.0 Å². The van der Waals surface area contributed by atoms with Crippen LogP contribution in [0, 0.1) is 0 Å². The highest BCUT2D eigenvalue weighted by Gasteiger charge is 2.49. The van der Waals surface area contributed by atoms with Crippen molar-refractivity contribution in [1.82, 2.24) is 24.5 Å². The summed E-state index contributed by atoms with van der Waals surface area (Å²) in [6.45, 7) is 1.21. The monoisotopic (exact) mass is 413 g/mol. The van der Waals surface area contributed by atoms with Gasteiger partial charge in [0.15, 0.2) is 11.6 Å². The summed E-state index contributed by atoms with van der Waals surface area (Å²) in [5, 5.41) is 14.9. The van der Waals surface area contributed by atoms with Crippen molar-refractivity contribution in [3.63, 3.8) is 0 Å². The van der Waals surface area contributed by atoms with Crippen molar-refractivity contribution in [2.45, 2.75) is 30.4 Å². The predicted molar refractivity (Wildman–Crippen MR) is 99.4 cm³/mol. The summed E-state index contributed by atoms with van der Waals surface area (Å²) < 4.78 is 13.3.